The number of hydrogen-bond donors (Lipinski definition) is 2. The zero-order valence-corrected chi connectivity index (χ0v) is 11.8. The monoisotopic (exact) mass is 268 g/mol. The lowest BCUT2D eigenvalue weighted by Gasteiger charge is -2.25. The van der Waals surface area contributed by atoms with Crippen molar-refractivity contribution >= 4 is 0 Å². The number of hydrogen-bond acceptors (Lipinski definition) is 3. The Morgan fingerprint density at radius 1 is 1.20 bits per heavy atom. The van der Waals surface area contributed by atoms with E-state index >= 15 is 0 Å². The third kappa shape index (κ3) is 2.83. The first-order valence-electron chi connectivity index (χ1n) is 7.18. The highest BCUT2D eigenvalue weighted by Crippen LogP contribution is 2.22. The average molecular weight is 268 g/mol. The van der Waals surface area contributed by atoms with Gasteiger partial charge >= 0.3 is 0 Å². The lowest BCUT2D eigenvalue weighted by atomic mass is 9.88. The fourth-order valence-corrected chi connectivity index (χ4v) is 2.85. The highest BCUT2D eigenvalue weighted by molar-refractivity contribution is 5.31. The van der Waals surface area contributed by atoms with Gasteiger partial charge in [0, 0.05) is 18.3 Å². The minimum atomic E-state index is 0.277. The van der Waals surface area contributed by atoms with Crippen LogP contribution >= 0.6 is 0 Å². The highest BCUT2D eigenvalue weighted by Gasteiger charge is 2.18. The van der Waals surface area contributed by atoms with Crippen LogP contribution in [0, 0.1) is 6.92 Å². The minimum Gasteiger partial charge on any atom is -0.506 e. The molecule has 0 saturated heterocycles. The Hall–Kier alpha value is -1.87. The summed E-state index contributed by atoms with van der Waals surface area (Å²) in [6.45, 7) is 2.57. The molecular weight excluding hydrogens is 248 g/mol. The van der Waals surface area contributed by atoms with E-state index in [1.54, 1.807) is 6.07 Å². The lowest BCUT2D eigenvalue weighted by Crippen LogP contribution is -2.34. The SMILES string of the molecule is Cc1ccc(O)c(CNC2CCc3ccccc3C2)n1. The van der Waals surface area contributed by atoms with Crippen molar-refractivity contribution in [3.63, 3.8) is 0 Å². The van der Waals surface area contributed by atoms with Crippen molar-refractivity contribution in [2.24, 2.45) is 0 Å². The fourth-order valence-electron chi connectivity index (χ4n) is 2.85. The Bertz CT molecular complexity index is 610. The number of aromatic hydroxyl groups is 1. The van der Waals surface area contributed by atoms with Crippen molar-refractivity contribution in [3.8, 4) is 5.75 Å². The van der Waals surface area contributed by atoms with Crippen molar-refractivity contribution < 1.29 is 5.11 Å². The molecule has 3 heteroatoms. The van der Waals surface area contributed by atoms with Gasteiger partial charge in [0.2, 0.25) is 0 Å². The van der Waals surface area contributed by atoms with E-state index in [1.807, 2.05) is 13.0 Å². The number of aromatic nitrogens is 1. The number of nitrogens with zero attached hydrogens (tertiary/aromatic N) is 1. The van der Waals surface area contributed by atoms with Crippen LogP contribution in [0.4, 0.5) is 0 Å². The number of rotatable bonds is 3. The molecule has 1 aromatic heterocycles. The first-order chi connectivity index (χ1) is 9.72. The second-order valence-electron chi connectivity index (χ2n) is 5.51. The van der Waals surface area contributed by atoms with Crippen LogP contribution in [0.5, 0.6) is 5.75 Å². The number of aryl methyl sites for hydroxylation is 2. The van der Waals surface area contributed by atoms with Gasteiger partial charge < -0.3 is 10.4 Å². The van der Waals surface area contributed by atoms with Crippen molar-refractivity contribution in [1.29, 1.82) is 0 Å². The Kier molecular flexibility index (Phi) is 3.70. The summed E-state index contributed by atoms with van der Waals surface area (Å²) in [7, 11) is 0. The van der Waals surface area contributed by atoms with E-state index in [0.29, 0.717) is 12.6 Å². The molecule has 0 saturated carbocycles. The summed E-state index contributed by atoms with van der Waals surface area (Å²) in [5.74, 6) is 0.277. The van der Waals surface area contributed by atoms with Crippen LogP contribution in [0.15, 0.2) is 36.4 Å². The molecule has 3 nitrogen and oxygen atoms in total. The van der Waals surface area contributed by atoms with Gasteiger partial charge in [-0.15, -0.1) is 0 Å². The molecule has 1 heterocycles. The first-order valence-corrected chi connectivity index (χ1v) is 7.18. The molecular formula is C17H20N2O. The summed E-state index contributed by atoms with van der Waals surface area (Å²) in [5, 5.41) is 13.3. The Morgan fingerprint density at radius 2 is 2.00 bits per heavy atom. The van der Waals surface area contributed by atoms with Gasteiger partial charge in [0.15, 0.2) is 0 Å². The second-order valence-corrected chi connectivity index (χ2v) is 5.51. The summed E-state index contributed by atoms with van der Waals surface area (Å²) in [6, 6.07) is 12.7. The molecule has 0 amide bonds. The molecule has 1 atom stereocenters. The number of benzene rings is 1. The molecule has 3 rings (SSSR count). The van der Waals surface area contributed by atoms with Gasteiger partial charge in [-0.1, -0.05) is 24.3 Å². The molecule has 0 fully saturated rings. The quantitative estimate of drug-likeness (QED) is 0.899. The molecule has 1 aromatic carbocycles. The summed E-state index contributed by atoms with van der Waals surface area (Å²) in [4.78, 5) is 4.39. The van der Waals surface area contributed by atoms with E-state index in [9.17, 15) is 5.11 Å². The Morgan fingerprint density at radius 3 is 2.85 bits per heavy atom. The molecule has 20 heavy (non-hydrogen) atoms. The first kappa shape index (κ1) is 13.1. The van der Waals surface area contributed by atoms with Gasteiger partial charge in [0.05, 0.1) is 5.69 Å². The normalized spacial score (nSPS) is 17.8. The summed E-state index contributed by atoms with van der Waals surface area (Å²) >= 11 is 0. The lowest BCUT2D eigenvalue weighted by molar-refractivity contribution is 0.431. The molecule has 0 bridgehead atoms. The standard InChI is InChI=1S/C17H20N2O/c1-12-6-9-17(20)16(19-12)11-18-15-8-7-13-4-2-3-5-14(13)10-15/h2-6,9,15,18,20H,7-8,10-11H2,1H3. The van der Waals surface area contributed by atoms with Crippen molar-refractivity contribution in [2.45, 2.75) is 38.8 Å². The van der Waals surface area contributed by atoms with E-state index in [2.05, 4.69) is 34.6 Å². The van der Waals surface area contributed by atoms with Gasteiger partial charge in [0.25, 0.3) is 0 Å². The molecule has 2 aromatic rings. The van der Waals surface area contributed by atoms with E-state index in [0.717, 1.165) is 30.7 Å². The molecule has 0 aliphatic heterocycles. The third-order valence-electron chi connectivity index (χ3n) is 3.99. The predicted molar refractivity (Wildman–Crippen MR) is 79.7 cm³/mol. The van der Waals surface area contributed by atoms with E-state index in [1.165, 1.54) is 11.1 Å². The summed E-state index contributed by atoms with van der Waals surface area (Å²) in [5.41, 5.74) is 4.59. The second kappa shape index (κ2) is 5.63. The Labute approximate surface area is 119 Å². The predicted octanol–water partition coefficient (Wildman–Crippen LogP) is 2.74. The average Bonchev–Trinajstić information content (AvgIpc) is 2.48. The van der Waals surface area contributed by atoms with Crippen molar-refractivity contribution in [2.75, 3.05) is 0 Å². The van der Waals surface area contributed by atoms with E-state index < -0.39 is 0 Å². The maximum Gasteiger partial charge on any atom is 0.138 e. The summed E-state index contributed by atoms with van der Waals surface area (Å²) in [6.07, 6.45) is 3.33. The van der Waals surface area contributed by atoms with Crippen LogP contribution in [-0.2, 0) is 19.4 Å². The largest absolute Gasteiger partial charge is 0.506 e. The van der Waals surface area contributed by atoms with Gasteiger partial charge in [-0.25, -0.2) is 0 Å². The van der Waals surface area contributed by atoms with E-state index in [4.69, 9.17) is 0 Å². The number of fused-ring (bicyclic) bond motifs is 1. The minimum absolute atomic E-state index is 0.277. The van der Waals surface area contributed by atoms with Crippen LogP contribution in [-0.4, -0.2) is 16.1 Å². The molecule has 1 aliphatic carbocycles. The smallest absolute Gasteiger partial charge is 0.138 e. The molecule has 104 valence electrons. The molecule has 2 N–H and O–H groups in total. The number of pyridine rings is 1. The van der Waals surface area contributed by atoms with E-state index in [-0.39, 0.29) is 5.75 Å². The van der Waals surface area contributed by atoms with Crippen molar-refractivity contribution in [3.05, 3.63) is 58.9 Å². The van der Waals surface area contributed by atoms with Gasteiger partial charge in [-0.05, 0) is 49.4 Å². The molecule has 0 radical (unpaired) electrons. The topological polar surface area (TPSA) is 45.1 Å². The fraction of sp³-hybridized carbons (Fsp3) is 0.353. The summed E-state index contributed by atoms with van der Waals surface area (Å²) < 4.78 is 0. The van der Waals surface area contributed by atoms with Gasteiger partial charge in [0.1, 0.15) is 5.75 Å². The third-order valence-corrected chi connectivity index (χ3v) is 3.99. The molecule has 0 spiro atoms. The van der Waals surface area contributed by atoms with Crippen LogP contribution < -0.4 is 5.32 Å². The van der Waals surface area contributed by atoms with Gasteiger partial charge in [-0.3, -0.25) is 4.98 Å². The zero-order chi connectivity index (χ0) is 13.9. The molecule has 1 aliphatic rings. The maximum atomic E-state index is 9.82. The number of nitrogens with one attached hydrogen (secondary N) is 1. The van der Waals surface area contributed by atoms with Crippen molar-refractivity contribution in [1.82, 2.24) is 10.3 Å². The molecule has 1 unspecified atom stereocenters. The maximum absolute atomic E-state index is 9.82. The van der Waals surface area contributed by atoms with Crippen LogP contribution in [0.25, 0.3) is 0 Å². The highest BCUT2D eigenvalue weighted by atomic mass is 16.3. The van der Waals surface area contributed by atoms with Crippen LogP contribution in [0.2, 0.25) is 0 Å². The van der Waals surface area contributed by atoms with Crippen LogP contribution in [0.3, 0.4) is 0 Å². The zero-order valence-electron chi connectivity index (χ0n) is 11.8. The Balaban J connectivity index is 1.64. The van der Waals surface area contributed by atoms with Gasteiger partial charge in [-0.2, -0.15) is 0 Å². The van der Waals surface area contributed by atoms with Crippen LogP contribution in [0.1, 0.15) is 28.9 Å².